The maximum atomic E-state index is 5.28. The van der Waals surface area contributed by atoms with Crippen LogP contribution in [-0.4, -0.2) is 16.2 Å². The average molecular weight is 764 g/mol. The van der Waals surface area contributed by atoms with Gasteiger partial charge in [0.25, 0.3) is 0 Å². The molecule has 1 heterocycles. The lowest BCUT2D eigenvalue weighted by atomic mass is 9.87. The molecule has 288 valence electrons. The van der Waals surface area contributed by atoms with E-state index in [1.807, 2.05) is 18.4 Å². The highest BCUT2D eigenvalue weighted by Gasteiger charge is 2.19. The van der Waals surface area contributed by atoms with Crippen LogP contribution in [0.15, 0.2) is 187 Å². The summed E-state index contributed by atoms with van der Waals surface area (Å²) < 4.78 is 0. The van der Waals surface area contributed by atoms with Crippen molar-refractivity contribution in [3.63, 3.8) is 0 Å². The van der Waals surface area contributed by atoms with Crippen molar-refractivity contribution >= 4 is 34.3 Å². The van der Waals surface area contributed by atoms with Crippen LogP contribution in [0.3, 0.4) is 0 Å². The highest BCUT2D eigenvalue weighted by molar-refractivity contribution is 6.02. The summed E-state index contributed by atoms with van der Waals surface area (Å²) >= 11 is 0. The van der Waals surface area contributed by atoms with Gasteiger partial charge in [0.2, 0.25) is 0 Å². The van der Waals surface area contributed by atoms with Gasteiger partial charge in [0.15, 0.2) is 5.82 Å². The summed E-state index contributed by atoms with van der Waals surface area (Å²) in [4.78, 5) is 15.3. The number of nitrogens with zero attached hydrogens (tertiary/aromatic N) is 3. The van der Waals surface area contributed by atoms with Crippen molar-refractivity contribution in [3.8, 4) is 33.8 Å². The fourth-order valence-corrected chi connectivity index (χ4v) is 8.62. The fourth-order valence-electron chi connectivity index (χ4n) is 8.62. The number of hydrogen-bond donors (Lipinski definition) is 0. The third-order valence-electron chi connectivity index (χ3n) is 11.8. The van der Waals surface area contributed by atoms with Crippen molar-refractivity contribution in [3.05, 3.63) is 210 Å². The summed E-state index contributed by atoms with van der Waals surface area (Å²) in [5, 5.41) is 2.60. The second kappa shape index (κ2) is 17.4. The Labute approximate surface area is 349 Å². The molecule has 0 radical (unpaired) electrons. The summed E-state index contributed by atoms with van der Waals surface area (Å²) in [6.45, 7) is 6.05. The molecule has 1 aromatic heterocycles. The van der Waals surface area contributed by atoms with Gasteiger partial charge in [0.05, 0.1) is 17.1 Å². The first-order chi connectivity index (χ1) is 29.1. The minimum absolute atomic E-state index is 0.142. The van der Waals surface area contributed by atoms with Gasteiger partial charge in [-0.15, -0.1) is 0 Å². The standard InChI is InChI=1S/C56H49N3/c1-3-5-14-41-16-6-9-18-48(41)42-27-31-45(32-28-42)55-38-54(44-25-23-39(24-26-44)35-36-57-53-22-13-8-15-40(53)4-2)58-56(59-55)46-33-29-43(30-34-46)52-37-47-17-7-10-19-49(47)50-20-11-12-21-51(50)52/h3,5,8,10-16,18-25,27-34,36-38,44H,1,4,6-7,9,17,26,35H2,2H3/b14-5-,57-36-. The smallest absolute Gasteiger partial charge is 0.160 e. The van der Waals surface area contributed by atoms with E-state index in [9.17, 15) is 0 Å². The van der Waals surface area contributed by atoms with Gasteiger partial charge in [-0.3, -0.25) is 4.99 Å². The first kappa shape index (κ1) is 37.8. The SMILES string of the molecule is C=C/C=C\C1=CCCC=C1c1ccc(-c2cc(C3C=CC(C/C=N\c4ccccc4CC)=CC3)nc(-c3ccc(-c4cc5c(c6ccccc46)C=CCC5)cc3)n2)cc1. The molecular weight excluding hydrogens is 715 g/mol. The number of aliphatic imine (C=N–C) groups is 1. The molecule has 0 spiro atoms. The summed E-state index contributed by atoms with van der Waals surface area (Å²) in [5.74, 6) is 0.886. The summed E-state index contributed by atoms with van der Waals surface area (Å²) in [5.41, 5.74) is 16.6. The molecule has 0 fully saturated rings. The molecule has 6 aromatic rings. The molecule has 3 aliphatic rings. The average Bonchev–Trinajstić information content (AvgIpc) is 3.31. The number of rotatable bonds is 11. The van der Waals surface area contributed by atoms with Gasteiger partial charge in [-0.05, 0) is 118 Å². The maximum Gasteiger partial charge on any atom is 0.160 e. The summed E-state index contributed by atoms with van der Waals surface area (Å²) in [7, 11) is 0. The van der Waals surface area contributed by atoms with Crippen molar-refractivity contribution < 1.29 is 0 Å². The molecule has 3 aliphatic carbocycles. The molecule has 3 heteroatoms. The number of aromatic nitrogens is 2. The normalized spacial score (nSPS) is 16.3. The molecule has 59 heavy (non-hydrogen) atoms. The zero-order chi connectivity index (χ0) is 40.0. The van der Waals surface area contributed by atoms with Crippen LogP contribution in [0.2, 0.25) is 0 Å². The van der Waals surface area contributed by atoms with Crippen LogP contribution in [0.5, 0.6) is 0 Å². The number of hydrogen-bond acceptors (Lipinski definition) is 3. The van der Waals surface area contributed by atoms with Gasteiger partial charge in [-0.2, -0.15) is 0 Å². The van der Waals surface area contributed by atoms with Crippen molar-refractivity contribution in [2.45, 2.75) is 57.8 Å². The third-order valence-corrected chi connectivity index (χ3v) is 11.8. The van der Waals surface area contributed by atoms with E-state index in [1.54, 1.807) is 0 Å². The second-order valence-electron chi connectivity index (χ2n) is 15.6. The van der Waals surface area contributed by atoms with Crippen LogP contribution in [0, 0.1) is 0 Å². The molecule has 1 atom stereocenters. The highest BCUT2D eigenvalue weighted by Crippen LogP contribution is 2.38. The van der Waals surface area contributed by atoms with Crippen LogP contribution >= 0.6 is 0 Å². The van der Waals surface area contributed by atoms with Crippen LogP contribution in [0.1, 0.15) is 72.9 Å². The molecule has 0 aliphatic heterocycles. The number of para-hydroxylation sites is 1. The van der Waals surface area contributed by atoms with Gasteiger partial charge in [-0.25, -0.2) is 9.97 Å². The molecule has 9 rings (SSSR count). The second-order valence-corrected chi connectivity index (χ2v) is 15.6. The third kappa shape index (κ3) is 8.20. The first-order valence-electron chi connectivity index (χ1n) is 21.1. The number of benzene rings is 5. The van der Waals surface area contributed by atoms with Crippen molar-refractivity contribution in [2.75, 3.05) is 0 Å². The quantitative estimate of drug-likeness (QED) is 0.0973. The minimum atomic E-state index is 0.142. The predicted octanol–water partition coefficient (Wildman–Crippen LogP) is 14.8. The Morgan fingerprint density at radius 1 is 0.746 bits per heavy atom. The summed E-state index contributed by atoms with van der Waals surface area (Å²) in [6.07, 6.45) is 31.1. The lowest BCUT2D eigenvalue weighted by molar-refractivity contribution is 0.803. The van der Waals surface area contributed by atoms with Crippen molar-refractivity contribution in [2.24, 2.45) is 4.99 Å². The van der Waals surface area contributed by atoms with Gasteiger partial charge in [0.1, 0.15) is 0 Å². The van der Waals surface area contributed by atoms with E-state index in [0.717, 1.165) is 79.0 Å². The van der Waals surface area contributed by atoms with Gasteiger partial charge < -0.3 is 0 Å². The monoisotopic (exact) mass is 763 g/mol. The fraction of sp³-hybridized carbons (Fsp3) is 0.161. The lowest BCUT2D eigenvalue weighted by Crippen LogP contribution is -2.05. The Kier molecular flexibility index (Phi) is 11.2. The Balaban J connectivity index is 1.03. The van der Waals surface area contributed by atoms with Gasteiger partial charge >= 0.3 is 0 Å². The molecule has 5 aromatic carbocycles. The molecule has 0 saturated heterocycles. The molecule has 0 amide bonds. The lowest BCUT2D eigenvalue weighted by Gasteiger charge is -2.18. The Morgan fingerprint density at radius 3 is 2.32 bits per heavy atom. The van der Waals surface area contributed by atoms with E-state index >= 15 is 0 Å². The van der Waals surface area contributed by atoms with Crippen molar-refractivity contribution in [1.82, 2.24) is 9.97 Å². The summed E-state index contributed by atoms with van der Waals surface area (Å²) in [6, 6.07) is 39.5. The Morgan fingerprint density at radius 2 is 1.51 bits per heavy atom. The molecule has 0 bridgehead atoms. The predicted molar refractivity (Wildman–Crippen MR) is 251 cm³/mol. The molecule has 3 nitrogen and oxygen atoms in total. The Hall–Kier alpha value is -6.71. The maximum absolute atomic E-state index is 5.28. The topological polar surface area (TPSA) is 38.1 Å². The van der Waals surface area contributed by atoms with Gasteiger partial charge in [0, 0.05) is 29.7 Å². The largest absolute Gasteiger partial charge is 0.261 e. The zero-order valence-electron chi connectivity index (χ0n) is 33.8. The highest BCUT2D eigenvalue weighted by atomic mass is 14.9. The number of aryl methyl sites for hydroxylation is 2. The number of allylic oxidation sites excluding steroid dienone is 12. The molecule has 1 unspecified atom stereocenters. The van der Waals surface area contributed by atoms with E-state index in [4.69, 9.17) is 15.0 Å². The van der Waals surface area contributed by atoms with E-state index < -0.39 is 0 Å². The number of fused-ring (bicyclic) bond motifs is 3. The van der Waals surface area contributed by atoms with E-state index in [-0.39, 0.29) is 5.92 Å². The first-order valence-corrected chi connectivity index (χ1v) is 21.1. The molecular formula is C56H49N3. The molecule has 0 N–H and O–H groups in total. The van der Waals surface area contributed by atoms with Crippen LogP contribution in [-0.2, 0) is 12.8 Å². The van der Waals surface area contributed by atoms with Gasteiger partial charge in [-0.1, -0.05) is 165 Å². The van der Waals surface area contributed by atoms with E-state index in [2.05, 4.69) is 171 Å². The zero-order valence-corrected chi connectivity index (χ0v) is 33.8. The van der Waals surface area contributed by atoms with Crippen molar-refractivity contribution in [1.29, 1.82) is 0 Å². The Bertz CT molecular complexity index is 2750. The van der Waals surface area contributed by atoms with Crippen LogP contribution in [0.4, 0.5) is 5.69 Å². The van der Waals surface area contributed by atoms with Crippen LogP contribution in [0.25, 0.3) is 56.2 Å². The minimum Gasteiger partial charge on any atom is -0.261 e. The van der Waals surface area contributed by atoms with E-state index in [1.165, 1.54) is 60.9 Å². The van der Waals surface area contributed by atoms with Crippen LogP contribution < -0.4 is 0 Å². The van der Waals surface area contributed by atoms with E-state index in [0.29, 0.717) is 0 Å². The molecule has 0 saturated carbocycles.